The van der Waals surface area contributed by atoms with E-state index in [-0.39, 0.29) is 17.9 Å². The quantitative estimate of drug-likeness (QED) is 0.817. The first-order chi connectivity index (χ1) is 11.0. The molecule has 134 valence electrons. The third-order valence-electron chi connectivity index (χ3n) is 4.09. The summed E-state index contributed by atoms with van der Waals surface area (Å²) in [7, 11) is -6.94. The van der Waals surface area contributed by atoms with E-state index in [0.717, 1.165) is 21.7 Å². The van der Waals surface area contributed by atoms with Crippen molar-refractivity contribution in [2.45, 2.75) is 26.3 Å². The average molecular weight is 374 g/mol. The lowest BCUT2D eigenvalue weighted by Gasteiger charge is -2.25. The van der Waals surface area contributed by atoms with Gasteiger partial charge in [0.15, 0.2) is 9.84 Å². The normalized spacial score (nSPS) is 20.2. The van der Waals surface area contributed by atoms with E-state index in [1.807, 2.05) is 32.0 Å². The fraction of sp³-hybridized carbons (Fsp3) is 0.533. The minimum Gasteiger partial charge on any atom is -0.324 e. The van der Waals surface area contributed by atoms with E-state index in [9.17, 15) is 21.6 Å². The molecule has 7 nitrogen and oxygen atoms in total. The fourth-order valence-electron chi connectivity index (χ4n) is 2.85. The zero-order valence-corrected chi connectivity index (χ0v) is 15.6. The summed E-state index contributed by atoms with van der Waals surface area (Å²) >= 11 is 0. The van der Waals surface area contributed by atoms with E-state index in [0.29, 0.717) is 5.69 Å². The molecule has 1 saturated heterocycles. The van der Waals surface area contributed by atoms with Gasteiger partial charge >= 0.3 is 0 Å². The number of nitrogens with one attached hydrogen (secondary N) is 1. The van der Waals surface area contributed by atoms with E-state index >= 15 is 0 Å². The molecule has 1 amide bonds. The Hall–Kier alpha value is -1.45. The molecule has 1 fully saturated rings. The molecule has 1 aromatic rings. The van der Waals surface area contributed by atoms with E-state index in [2.05, 4.69) is 5.32 Å². The smallest absolute Gasteiger partial charge is 0.239 e. The largest absolute Gasteiger partial charge is 0.324 e. The number of hydrogen-bond acceptors (Lipinski definition) is 5. The molecule has 0 aromatic heterocycles. The Kier molecular flexibility index (Phi) is 5.36. The third kappa shape index (κ3) is 4.55. The molecule has 1 aliphatic rings. The zero-order valence-electron chi connectivity index (χ0n) is 13.9. The molecule has 2 rings (SSSR count). The maximum absolute atomic E-state index is 12.3. The van der Waals surface area contributed by atoms with Crippen molar-refractivity contribution in [2.75, 3.05) is 29.6 Å². The van der Waals surface area contributed by atoms with Crippen molar-refractivity contribution in [2.24, 2.45) is 0 Å². The van der Waals surface area contributed by atoms with Gasteiger partial charge in [-0.15, -0.1) is 0 Å². The van der Waals surface area contributed by atoms with Crippen LogP contribution in [0.25, 0.3) is 0 Å². The predicted octanol–water partition coefficient (Wildman–Crippen LogP) is 0.691. The van der Waals surface area contributed by atoms with Crippen LogP contribution in [0.1, 0.15) is 17.5 Å². The summed E-state index contributed by atoms with van der Waals surface area (Å²) in [5.41, 5.74) is 2.39. The Balaban J connectivity index is 2.17. The van der Waals surface area contributed by atoms with Crippen LogP contribution in [0.3, 0.4) is 0 Å². The Morgan fingerprint density at radius 2 is 1.88 bits per heavy atom. The lowest BCUT2D eigenvalue weighted by atomic mass is 10.1. The number of sulfonamides is 1. The Labute approximate surface area is 143 Å². The van der Waals surface area contributed by atoms with Crippen LogP contribution in [0, 0.1) is 13.8 Å². The van der Waals surface area contributed by atoms with Gasteiger partial charge in [0.1, 0.15) is 0 Å². The Morgan fingerprint density at radius 1 is 1.29 bits per heavy atom. The van der Waals surface area contributed by atoms with Crippen molar-refractivity contribution in [3.8, 4) is 0 Å². The summed E-state index contributed by atoms with van der Waals surface area (Å²) < 4.78 is 48.2. The molecule has 0 radical (unpaired) electrons. The van der Waals surface area contributed by atoms with E-state index in [4.69, 9.17) is 0 Å². The first kappa shape index (κ1) is 18.9. The Morgan fingerprint density at radius 3 is 2.33 bits per heavy atom. The molecule has 1 atom stereocenters. The average Bonchev–Trinajstić information content (AvgIpc) is 2.79. The van der Waals surface area contributed by atoms with Crippen LogP contribution >= 0.6 is 0 Å². The van der Waals surface area contributed by atoms with Crippen LogP contribution in [-0.2, 0) is 24.7 Å². The van der Waals surface area contributed by atoms with Crippen LogP contribution in [-0.4, -0.2) is 57.4 Å². The minimum atomic E-state index is -3.70. The van der Waals surface area contributed by atoms with Crippen molar-refractivity contribution in [1.29, 1.82) is 0 Å². The van der Waals surface area contributed by atoms with Crippen molar-refractivity contribution < 1.29 is 21.6 Å². The number of para-hydroxylation sites is 1. The molecule has 1 aliphatic heterocycles. The summed E-state index contributed by atoms with van der Waals surface area (Å²) in [6.07, 6.45) is 1.20. The summed E-state index contributed by atoms with van der Waals surface area (Å²) in [5.74, 6) is -0.777. The zero-order chi connectivity index (χ0) is 18.1. The van der Waals surface area contributed by atoms with Gasteiger partial charge in [0, 0.05) is 11.7 Å². The molecule has 0 aliphatic carbocycles. The summed E-state index contributed by atoms with van der Waals surface area (Å²) in [6, 6.07) is 4.88. The molecule has 0 spiro atoms. The van der Waals surface area contributed by atoms with E-state index < -0.39 is 38.4 Å². The number of benzene rings is 1. The van der Waals surface area contributed by atoms with Crippen molar-refractivity contribution in [3.05, 3.63) is 29.3 Å². The minimum absolute atomic E-state index is 0.0534. The highest BCUT2D eigenvalue weighted by molar-refractivity contribution is 7.92. The van der Waals surface area contributed by atoms with E-state index in [1.54, 1.807) is 0 Å². The number of carbonyl (C=O) groups is 1. The summed E-state index contributed by atoms with van der Waals surface area (Å²) in [6.45, 7) is 3.30. The topological polar surface area (TPSA) is 101 Å². The van der Waals surface area contributed by atoms with E-state index in [1.165, 1.54) is 0 Å². The second-order valence-corrected chi connectivity index (χ2v) is 10.3. The van der Waals surface area contributed by atoms with Crippen LogP contribution < -0.4 is 5.32 Å². The Bertz CT molecular complexity index is 826. The molecule has 1 heterocycles. The third-order valence-corrected chi connectivity index (χ3v) is 7.12. The second-order valence-electron chi connectivity index (χ2n) is 6.18. The molecule has 0 saturated carbocycles. The van der Waals surface area contributed by atoms with Crippen molar-refractivity contribution in [1.82, 2.24) is 4.31 Å². The van der Waals surface area contributed by atoms with Gasteiger partial charge in [-0.05, 0) is 31.4 Å². The van der Waals surface area contributed by atoms with Gasteiger partial charge in [-0.1, -0.05) is 18.2 Å². The number of rotatable bonds is 5. The number of nitrogens with zero attached hydrogens (tertiary/aromatic N) is 1. The van der Waals surface area contributed by atoms with Crippen LogP contribution in [0.4, 0.5) is 5.69 Å². The standard InChI is InChI=1S/C15H22N2O5S2/c1-11-5-4-6-12(2)15(11)16-14(18)9-17(23(3,19)20)13-7-8-24(21,22)10-13/h4-6,13H,7-10H2,1-3H3,(H,16,18). The molecular formula is C15H22N2O5S2. The molecule has 1 aromatic carbocycles. The second kappa shape index (κ2) is 6.81. The maximum Gasteiger partial charge on any atom is 0.239 e. The van der Waals surface area contributed by atoms with Gasteiger partial charge < -0.3 is 5.32 Å². The number of sulfone groups is 1. The van der Waals surface area contributed by atoms with Gasteiger partial charge in [0.05, 0.1) is 24.3 Å². The van der Waals surface area contributed by atoms with Crippen molar-refractivity contribution >= 4 is 31.5 Å². The number of hydrogen-bond donors (Lipinski definition) is 1. The molecule has 24 heavy (non-hydrogen) atoms. The first-order valence-electron chi connectivity index (χ1n) is 7.53. The van der Waals surface area contributed by atoms with Gasteiger partial charge in [0.2, 0.25) is 15.9 Å². The van der Waals surface area contributed by atoms with Crippen molar-refractivity contribution in [3.63, 3.8) is 0 Å². The van der Waals surface area contributed by atoms with Crippen LogP contribution in [0.15, 0.2) is 18.2 Å². The fourth-order valence-corrected chi connectivity index (χ4v) is 5.75. The van der Waals surface area contributed by atoms with Gasteiger partial charge in [-0.3, -0.25) is 4.79 Å². The monoisotopic (exact) mass is 374 g/mol. The lowest BCUT2D eigenvalue weighted by Crippen LogP contribution is -2.45. The summed E-state index contributed by atoms with van der Waals surface area (Å²) in [5, 5.41) is 2.73. The van der Waals surface area contributed by atoms with Gasteiger partial charge in [-0.25, -0.2) is 16.8 Å². The number of aryl methyl sites for hydroxylation is 2. The molecule has 9 heteroatoms. The molecular weight excluding hydrogens is 352 g/mol. The molecule has 0 bridgehead atoms. The number of carbonyl (C=O) groups excluding carboxylic acids is 1. The molecule has 1 N–H and O–H groups in total. The highest BCUT2D eigenvalue weighted by atomic mass is 32.2. The highest BCUT2D eigenvalue weighted by Gasteiger charge is 2.37. The lowest BCUT2D eigenvalue weighted by molar-refractivity contribution is -0.116. The van der Waals surface area contributed by atoms with Crippen LogP contribution in [0.2, 0.25) is 0 Å². The predicted molar refractivity (Wildman–Crippen MR) is 93.2 cm³/mol. The SMILES string of the molecule is Cc1cccc(C)c1NC(=O)CN(C1CCS(=O)(=O)C1)S(C)(=O)=O. The highest BCUT2D eigenvalue weighted by Crippen LogP contribution is 2.22. The number of anilines is 1. The van der Waals surface area contributed by atoms with Crippen LogP contribution in [0.5, 0.6) is 0 Å². The maximum atomic E-state index is 12.3. The van der Waals surface area contributed by atoms with Gasteiger partial charge in [0.25, 0.3) is 0 Å². The number of amides is 1. The van der Waals surface area contributed by atoms with Gasteiger partial charge in [-0.2, -0.15) is 4.31 Å². The summed E-state index contributed by atoms with van der Waals surface area (Å²) in [4.78, 5) is 12.3. The first-order valence-corrected chi connectivity index (χ1v) is 11.2. The molecule has 1 unspecified atom stereocenters.